The molecule has 0 unspecified atom stereocenters. The first kappa shape index (κ1) is 7.75. The van der Waals surface area contributed by atoms with Crippen molar-refractivity contribution in [1.82, 2.24) is 0 Å². The van der Waals surface area contributed by atoms with Crippen LogP contribution in [0.5, 0.6) is 0 Å². The molecule has 0 bridgehead atoms. The van der Waals surface area contributed by atoms with Gasteiger partial charge in [0.25, 0.3) is 0 Å². The topological polar surface area (TPSA) is 46.3 Å². The predicted octanol–water partition coefficient (Wildman–Crippen LogP) is 0.476. The van der Waals surface area contributed by atoms with E-state index in [0.29, 0.717) is 0 Å². The molecule has 57 valence electrons. The fraction of sp³-hybridized carbons (Fsp3) is 0.125. The molecule has 0 spiro atoms. The zero-order valence-corrected chi connectivity index (χ0v) is 6.03. The van der Waals surface area contributed by atoms with Gasteiger partial charge in [0.2, 0.25) is 0 Å². The van der Waals surface area contributed by atoms with Gasteiger partial charge in [0.05, 0.1) is 6.67 Å². The van der Waals surface area contributed by atoms with Crippen molar-refractivity contribution in [1.29, 1.82) is 0 Å². The Balaban J connectivity index is 2.82. The van der Waals surface area contributed by atoms with Crippen LogP contribution in [-0.2, 0) is 4.79 Å². The fourth-order valence-corrected chi connectivity index (χ4v) is 0.803. The third-order valence-corrected chi connectivity index (χ3v) is 1.36. The average molecular weight is 149 g/mol. The Labute approximate surface area is 65.4 Å². The summed E-state index contributed by atoms with van der Waals surface area (Å²) in [5.74, 6) is 0. The summed E-state index contributed by atoms with van der Waals surface area (Å²) in [5.41, 5.74) is 6.05. The molecule has 1 aromatic rings. The van der Waals surface area contributed by atoms with Crippen LogP contribution in [0.3, 0.4) is 0 Å². The summed E-state index contributed by atoms with van der Waals surface area (Å²) in [6.45, 7) is 0.160. The Morgan fingerprint density at radius 3 is 2.45 bits per heavy atom. The van der Waals surface area contributed by atoms with Crippen LogP contribution < -0.4 is 10.6 Å². The Hall–Kier alpha value is -1.35. The Bertz CT molecular complexity index is 223. The van der Waals surface area contributed by atoms with Crippen LogP contribution in [0, 0.1) is 0 Å². The maximum absolute atomic E-state index is 10.3. The quantitative estimate of drug-likeness (QED) is 0.501. The molecule has 11 heavy (non-hydrogen) atoms. The van der Waals surface area contributed by atoms with Gasteiger partial charge in [-0.05, 0) is 12.1 Å². The molecule has 0 saturated heterocycles. The Kier molecular flexibility index (Phi) is 2.63. The molecule has 1 aromatic carbocycles. The number of anilines is 1. The fourth-order valence-electron chi connectivity index (χ4n) is 0.803. The third kappa shape index (κ3) is 1.78. The second-order valence-electron chi connectivity index (χ2n) is 2.04. The number of carbonyl (C=O) groups excluding carboxylic acids is 1. The van der Waals surface area contributed by atoms with Crippen molar-refractivity contribution in [3.63, 3.8) is 0 Å². The molecule has 0 aliphatic carbocycles. The van der Waals surface area contributed by atoms with Crippen LogP contribution in [0.2, 0.25) is 0 Å². The molecule has 0 aromatic heterocycles. The van der Waals surface area contributed by atoms with E-state index in [0.717, 1.165) is 5.69 Å². The smallest absolute Gasteiger partial charge is 0.313 e. The van der Waals surface area contributed by atoms with Crippen LogP contribution in [0.1, 0.15) is 0 Å². The maximum Gasteiger partial charge on any atom is 0.318 e. The van der Waals surface area contributed by atoms with Crippen LogP contribution >= 0.6 is 0 Å². The lowest BCUT2D eigenvalue weighted by atomic mass is 10.3. The van der Waals surface area contributed by atoms with E-state index in [4.69, 9.17) is 5.73 Å². The summed E-state index contributed by atoms with van der Waals surface area (Å²) in [4.78, 5) is 11.6. The molecule has 2 N–H and O–H groups in total. The van der Waals surface area contributed by atoms with Crippen molar-refractivity contribution < 1.29 is 4.79 Å². The molecular weight excluding hydrogens is 140 g/mol. The largest absolute Gasteiger partial charge is 0.318 e. The minimum atomic E-state index is 0.160. The van der Waals surface area contributed by atoms with E-state index < -0.39 is 0 Å². The highest BCUT2D eigenvalue weighted by Crippen LogP contribution is 2.08. The molecule has 1 amide bonds. The zero-order valence-electron chi connectivity index (χ0n) is 6.03. The Morgan fingerprint density at radius 1 is 1.36 bits per heavy atom. The number of hydrogen-bond acceptors (Lipinski definition) is 2. The molecule has 3 nitrogen and oxygen atoms in total. The van der Waals surface area contributed by atoms with Gasteiger partial charge in [-0.25, -0.2) is 0 Å². The van der Waals surface area contributed by atoms with Gasteiger partial charge >= 0.3 is 6.41 Å². The minimum Gasteiger partial charge on any atom is -0.313 e. The lowest BCUT2D eigenvalue weighted by Gasteiger charge is -2.12. The molecule has 1 rings (SSSR count). The first-order valence-corrected chi connectivity index (χ1v) is 3.29. The number of nitrogens with two attached hydrogens (primary N) is 1. The van der Waals surface area contributed by atoms with Gasteiger partial charge in [-0.1, -0.05) is 18.2 Å². The van der Waals surface area contributed by atoms with E-state index in [1.807, 2.05) is 18.2 Å². The average Bonchev–Trinajstić information content (AvgIpc) is 2.09. The molecule has 0 atom stereocenters. The van der Waals surface area contributed by atoms with E-state index >= 15 is 0 Å². The van der Waals surface area contributed by atoms with Crippen LogP contribution in [0.4, 0.5) is 5.69 Å². The number of rotatable bonds is 3. The number of nitrogens with zero attached hydrogens (tertiary/aromatic N) is 1. The highest BCUT2D eigenvalue weighted by Gasteiger charge is 2.00. The maximum atomic E-state index is 10.3. The van der Waals surface area contributed by atoms with E-state index in [1.54, 1.807) is 18.5 Å². The molecule has 0 saturated carbocycles. The molecule has 3 heteroatoms. The van der Waals surface area contributed by atoms with Gasteiger partial charge in [-0.15, -0.1) is 0 Å². The first-order valence-electron chi connectivity index (χ1n) is 3.29. The standard InChI is InChI=1S/C8H9N2O/c9-6-10(7-11)8-4-2-1-3-5-8/h1-5H,6,9H2. The van der Waals surface area contributed by atoms with Crippen LogP contribution in [0.15, 0.2) is 30.3 Å². The van der Waals surface area contributed by atoms with Gasteiger partial charge in [0.15, 0.2) is 0 Å². The molecular formula is C8H9N2O. The van der Waals surface area contributed by atoms with E-state index in [2.05, 4.69) is 0 Å². The highest BCUT2D eigenvalue weighted by molar-refractivity contribution is 5.75. The lowest BCUT2D eigenvalue weighted by Crippen LogP contribution is -2.27. The SMILES string of the molecule is NCN([C]=O)c1ccccc1. The summed E-state index contributed by atoms with van der Waals surface area (Å²) in [5, 5.41) is 0. The van der Waals surface area contributed by atoms with Gasteiger partial charge in [-0.2, -0.15) is 0 Å². The zero-order chi connectivity index (χ0) is 8.10. The third-order valence-electron chi connectivity index (χ3n) is 1.36. The summed E-state index contributed by atoms with van der Waals surface area (Å²) in [6.07, 6.45) is 1.73. The van der Waals surface area contributed by atoms with Crippen molar-refractivity contribution in [3.05, 3.63) is 30.3 Å². The van der Waals surface area contributed by atoms with Crippen molar-refractivity contribution in [3.8, 4) is 0 Å². The van der Waals surface area contributed by atoms with Crippen LogP contribution in [0.25, 0.3) is 0 Å². The summed E-state index contributed by atoms with van der Waals surface area (Å²) >= 11 is 0. The Morgan fingerprint density at radius 2 is 2.00 bits per heavy atom. The van der Waals surface area contributed by atoms with Gasteiger partial charge in [-0.3, -0.25) is 9.69 Å². The molecule has 0 fully saturated rings. The van der Waals surface area contributed by atoms with Crippen molar-refractivity contribution >= 4 is 12.1 Å². The monoisotopic (exact) mass is 149 g/mol. The van der Waals surface area contributed by atoms with Crippen molar-refractivity contribution in [2.24, 2.45) is 5.73 Å². The number of amides is 1. The van der Waals surface area contributed by atoms with Crippen LogP contribution in [-0.4, -0.2) is 13.1 Å². The van der Waals surface area contributed by atoms with Gasteiger partial charge in [0, 0.05) is 5.69 Å². The number of benzene rings is 1. The van der Waals surface area contributed by atoms with E-state index in [9.17, 15) is 4.79 Å². The predicted molar refractivity (Wildman–Crippen MR) is 43.7 cm³/mol. The second-order valence-corrected chi connectivity index (χ2v) is 2.04. The second kappa shape index (κ2) is 3.73. The minimum absolute atomic E-state index is 0.160. The number of para-hydroxylation sites is 1. The summed E-state index contributed by atoms with van der Waals surface area (Å²) in [6, 6.07) is 9.17. The van der Waals surface area contributed by atoms with E-state index in [1.165, 1.54) is 4.90 Å². The van der Waals surface area contributed by atoms with E-state index in [-0.39, 0.29) is 6.67 Å². The normalized spacial score (nSPS) is 9.18. The van der Waals surface area contributed by atoms with Crippen molar-refractivity contribution in [2.45, 2.75) is 0 Å². The summed E-state index contributed by atoms with van der Waals surface area (Å²) < 4.78 is 0. The van der Waals surface area contributed by atoms with Crippen molar-refractivity contribution in [2.75, 3.05) is 11.6 Å². The lowest BCUT2D eigenvalue weighted by molar-refractivity contribution is 0.551. The number of hydrogen-bond donors (Lipinski definition) is 1. The molecule has 0 heterocycles. The van der Waals surface area contributed by atoms with Gasteiger partial charge in [0.1, 0.15) is 0 Å². The molecule has 0 aliphatic heterocycles. The molecule has 1 radical (unpaired) electrons. The first-order chi connectivity index (χ1) is 5.38. The van der Waals surface area contributed by atoms with Gasteiger partial charge < -0.3 is 5.73 Å². The molecule has 0 aliphatic rings. The summed E-state index contributed by atoms with van der Waals surface area (Å²) in [7, 11) is 0. The highest BCUT2D eigenvalue weighted by atomic mass is 16.1.